The second kappa shape index (κ2) is 9.86. The Balaban J connectivity index is 1.72. The molecule has 6 heteroatoms. The number of benzene rings is 1. The molecule has 0 radical (unpaired) electrons. The van der Waals surface area contributed by atoms with E-state index in [0.29, 0.717) is 19.8 Å². The lowest BCUT2D eigenvalue weighted by Crippen LogP contribution is -2.42. The fourth-order valence-electron chi connectivity index (χ4n) is 4.73. The number of amides is 1. The molecule has 2 heterocycles. The van der Waals surface area contributed by atoms with Crippen molar-refractivity contribution in [2.75, 3.05) is 31.2 Å². The van der Waals surface area contributed by atoms with E-state index in [1.807, 2.05) is 6.07 Å². The molecule has 2 aliphatic rings. The molecule has 0 N–H and O–H groups in total. The van der Waals surface area contributed by atoms with Crippen LogP contribution in [-0.2, 0) is 16.1 Å². The Morgan fingerprint density at radius 1 is 1.26 bits per heavy atom. The Morgan fingerprint density at radius 2 is 2.00 bits per heavy atom. The molecule has 1 saturated carbocycles. The lowest BCUT2D eigenvalue weighted by molar-refractivity contribution is -0.138. The van der Waals surface area contributed by atoms with Crippen LogP contribution < -0.4 is 4.90 Å². The summed E-state index contributed by atoms with van der Waals surface area (Å²) in [7, 11) is 0. The van der Waals surface area contributed by atoms with Crippen LogP contribution in [0.2, 0.25) is 0 Å². The Bertz CT molecular complexity index is 882. The van der Waals surface area contributed by atoms with Crippen LogP contribution in [0.4, 0.5) is 5.88 Å². The average molecular weight is 426 g/mol. The van der Waals surface area contributed by atoms with Gasteiger partial charge in [0.05, 0.1) is 25.3 Å². The van der Waals surface area contributed by atoms with Crippen LogP contribution in [0, 0.1) is 12.8 Å². The first-order valence-corrected chi connectivity index (χ1v) is 11.8. The molecule has 1 aromatic heterocycles. The van der Waals surface area contributed by atoms with E-state index in [0.717, 1.165) is 67.9 Å². The van der Waals surface area contributed by atoms with Crippen molar-refractivity contribution in [3.05, 3.63) is 35.4 Å². The van der Waals surface area contributed by atoms with Gasteiger partial charge >= 0.3 is 0 Å². The van der Waals surface area contributed by atoms with Gasteiger partial charge < -0.3 is 19.1 Å². The van der Waals surface area contributed by atoms with Crippen molar-refractivity contribution in [1.29, 1.82) is 0 Å². The first-order valence-electron chi connectivity index (χ1n) is 11.8. The molecule has 1 aromatic carbocycles. The van der Waals surface area contributed by atoms with Gasteiger partial charge in [-0.05, 0) is 39.2 Å². The standard InChI is InChI=1S/C25H35N3O3/c1-4-19(3)28(24(29)20-9-5-6-10-20)17-22-23(21-11-7-8-18(2)16-21)26-31-25(22)27-12-14-30-15-13-27/h7-8,11,16,19-20H,4-6,9-10,12-15,17H2,1-3H3/t19-/m0/s1. The Morgan fingerprint density at radius 3 is 2.68 bits per heavy atom. The van der Waals surface area contributed by atoms with Gasteiger partial charge in [0.2, 0.25) is 11.8 Å². The van der Waals surface area contributed by atoms with Crippen LogP contribution in [-0.4, -0.2) is 48.3 Å². The molecule has 1 aliphatic carbocycles. The summed E-state index contributed by atoms with van der Waals surface area (Å²) in [6.45, 7) is 9.82. The van der Waals surface area contributed by atoms with Crippen molar-refractivity contribution < 1.29 is 14.1 Å². The first-order chi connectivity index (χ1) is 15.1. The Hall–Kier alpha value is -2.34. The SMILES string of the molecule is CC[C@H](C)N(Cc1c(-c2cccc(C)c2)noc1N1CCOCC1)C(=O)C1CCCC1. The second-order valence-electron chi connectivity index (χ2n) is 8.99. The van der Waals surface area contributed by atoms with E-state index in [1.165, 1.54) is 5.56 Å². The number of hydrogen-bond donors (Lipinski definition) is 0. The van der Waals surface area contributed by atoms with Gasteiger partial charge in [0.25, 0.3) is 0 Å². The minimum absolute atomic E-state index is 0.156. The largest absolute Gasteiger partial charge is 0.378 e. The van der Waals surface area contributed by atoms with Crippen molar-refractivity contribution in [3.63, 3.8) is 0 Å². The van der Waals surface area contributed by atoms with E-state index >= 15 is 0 Å². The minimum Gasteiger partial charge on any atom is -0.378 e. The minimum atomic E-state index is 0.156. The molecule has 31 heavy (non-hydrogen) atoms. The zero-order valence-corrected chi connectivity index (χ0v) is 19.1. The maximum absolute atomic E-state index is 13.5. The van der Waals surface area contributed by atoms with Gasteiger partial charge in [0.1, 0.15) is 5.69 Å². The highest BCUT2D eigenvalue weighted by atomic mass is 16.5. The molecular weight excluding hydrogens is 390 g/mol. The summed E-state index contributed by atoms with van der Waals surface area (Å²) in [6, 6.07) is 8.51. The predicted molar refractivity (Wildman–Crippen MR) is 122 cm³/mol. The third-order valence-electron chi connectivity index (χ3n) is 6.80. The van der Waals surface area contributed by atoms with Crippen LogP contribution in [0.1, 0.15) is 57.1 Å². The summed E-state index contributed by atoms with van der Waals surface area (Å²) >= 11 is 0. The van der Waals surface area contributed by atoms with Gasteiger partial charge in [-0.2, -0.15) is 0 Å². The van der Waals surface area contributed by atoms with E-state index in [-0.39, 0.29) is 17.9 Å². The van der Waals surface area contributed by atoms with Crippen LogP contribution in [0.25, 0.3) is 11.3 Å². The molecule has 1 saturated heterocycles. The lowest BCUT2D eigenvalue weighted by atomic mass is 10.0. The number of rotatable bonds is 7. The zero-order valence-electron chi connectivity index (χ0n) is 19.1. The fraction of sp³-hybridized carbons (Fsp3) is 0.600. The van der Waals surface area contributed by atoms with E-state index < -0.39 is 0 Å². The summed E-state index contributed by atoms with van der Waals surface area (Å²) in [5, 5.41) is 4.50. The third-order valence-corrected chi connectivity index (χ3v) is 6.80. The second-order valence-corrected chi connectivity index (χ2v) is 8.99. The molecule has 1 amide bonds. The van der Waals surface area contributed by atoms with Gasteiger partial charge in [0.15, 0.2) is 0 Å². The molecule has 1 atom stereocenters. The number of anilines is 1. The molecule has 0 unspecified atom stereocenters. The Labute approximate surface area is 185 Å². The number of morpholine rings is 1. The van der Waals surface area contributed by atoms with Crippen molar-refractivity contribution >= 4 is 11.8 Å². The fourth-order valence-corrected chi connectivity index (χ4v) is 4.73. The maximum Gasteiger partial charge on any atom is 0.233 e. The summed E-state index contributed by atoms with van der Waals surface area (Å²) in [6.07, 6.45) is 5.26. The number of ether oxygens (including phenoxy) is 1. The summed E-state index contributed by atoms with van der Waals surface area (Å²) in [5.74, 6) is 1.23. The highest BCUT2D eigenvalue weighted by Gasteiger charge is 2.33. The number of aromatic nitrogens is 1. The quantitative estimate of drug-likeness (QED) is 0.637. The molecule has 2 aromatic rings. The number of nitrogens with zero attached hydrogens (tertiary/aromatic N) is 3. The van der Waals surface area contributed by atoms with Gasteiger partial charge in [-0.15, -0.1) is 0 Å². The van der Waals surface area contributed by atoms with Gasteiger partial charge in [0, 0.05) is 30.6 Å². The lowest BCUT2D eigenvalue weighted by Gasteiger charge is -2.32. The van der Waals surface area contributed by atoms with Gasteiger partial charge in [-0.1, -0.05) is 48.7 Å². The normalized spacial score (nSPS) is 18.4. The van der Waals surface area contributed by atoms with Crippen molar-refractivity contribution in [2.24, 2.45) is 5.92 Å². The van der Waals surface area contributed by atoms with Crippen LogP contribution >= 0.6 is 0 Å². The number of carbonyl (C=O) groups excluding carboxylic acids is 1. The first kappa shape index (κ1) is 21.9. The Kier molecular flexibility index (Phi) is 6.96. The van der Waals surface area contributed by atoms with Crippen molar-refractivity contribution in [3.8, 4) is 11.3 Å². The molecule has 1 aliphatic heterocycles. The molecule has 0 bridgehead atoms. The third kappa shape index (κ3) is 4.79. The van der Waals surface area contributed by atoms with Crippen molar-refractivity contribution in [2.45, 2.75) is 65.5 Å². The number of aryl methyl sites for hydroxylation is 1. The molecule has 168 valence electrons. The molecule has 4 rings (SSSR count). The summed E-state index contributed by atoms with van der Waals surface area (Å²) in [4.78, 5) is 17.8. The van der Waals surface area contributed by atoms with Crippen molar-refractivity contribution in [1.82, 2.24) is 10.1 Å². The monoisotopic (exact) mass is 425 g/mol. The topological polar surface area (TPSA) is 58.8 Å². The highest BCUT2D eigenvalue weighted by molar-refractivity contribution is 5.80. The molecular formula is C25H35N3O3. The van der Waals surface area contributed by atoms with Gasteiger partial charge in [-0.25, -0.2) is 0 Å². The zero-order chi connectivity index (χ0) is 21.8. The predicted octanol–water partition coefficient (Wildman–Crippen LogP) is 4.80. The number of carbonyl (C=O) groups is 1. The molecule has 0 spiro atoms. The van der Waals surface area contributed by atoms with E-state index in [2.05, 4.69) is 53.9 Å². The summed E-state index contributed by atoms with van der Waals surface area (Å²) < 4.78 is 11.5. The molecule has 2 fully saturated rings. The van der Waals surface area contributed by atoms with E-state index in [9.17, 15) is 4.79 Å². The van der Waals surface area contributed by atoms with Crippen LogP contribution in [0.3, 0.4) is 0 Å². The smallest absolute Gasteiger partial charge is 0.233 e. The van der Waals surface area contributed by atoms with Gasteiger partial charge in [-0.3, -0.25) is 4.79 Å². The van der Waals surface area contributed by atoms with E-state index in [4.69, 9.17) is 9.26 Å². The number of hydrogen-bond acceptors (Lipinski definition) is 5. The summed E-state index contributed by atoms with van der Waals surface area (Å²) in [5.41, 5.74) is 4.08. The highest BCUT2D eigenvalue weighted by Crippen LogP contribution is 2.35. The van der Waals surface area contributed by atoms with E-state index in [1.54, 1.807) is 0 Å². The molecule has 6 nitrogen and oxygen atoms in total. The average Bonchev–Trinajstić information content (AvgIpc) is 3.47. The van der Waals surface area contributed by atoms with Crippen LogP contribution in [0.5, 0.6) is 0 Å². The maximum atomic E-state index is 13.5. The van der Waals surface area contributed by atoms with Crippen LogP contribution in [0.15, 0.2) is 28.8 Å².